The molecule has 0 atom stereocenters. The SMILES string of the molecule is CS(=O)(=O)N1CCC(n2cc(-c3ccc(NC(=O)Oc4ccccc4)c(F)c3)c3c(N)ncnc32)CC1. The van der Waals surface area contributed by atoms with Gasteiger partial charge in [0.15, 0.2) is 0 Å². The fourth-order valence-corrected chi connectivity index (χ4v) is 5.45. The van der Waals surface area contributed by atoms with E-state index in [-0.39, 0.29) is 17.5 Å². The van der Waals surface area contributed by atoms with Gasteiger partial charge in [-0.15, -0.1) is 0 Å². The number of hydrogen-bond donors (Lipinski definition) is 2. The molecule has 2 aromatic carbocycles. The zero-order chi connectivity index (χ0) is 26.2. The van der Waals surface area contributed by atoms with Crippen molar-refractivity contribution in [3.8, 4) is 16.9 Å². The van der Waals surface area contributed by atoms with Gasteiger partial charge in [-0.1, -0.05) is 24.3 Å². The Bertz CT molecular complexity index is 1570. The number of para-hydroxylation sites is 1. The van der Waals surface area contributed by atoms with Crippen LogP contribution < -0.4 is 15.8 Å². The number of nitrogens with zero attached hydrogens (tertiary/aromatic N) is 4. The van der Waals surface area contributed by atoms with Crippen molar-refractivity contribution >= 4 is 38.7 Å². The summed E-state index contributed by atoms with van der Waals surface area (Å²) in [6.45, 7) is 0.792. The smallest absolute Gasteiger partial charge is 0.410 e. The summed E-state index contributed by atoms with van der Waals surface area (Å²) in [5.41, 5.74) is 7.92. The van der Waals surface area contributed by atoms with Gasteiger partial charge in [-0.25, -0.2) is 31.9 Å². The topological polar surface area (TPSA) is 132 Å². The predicted molar refractivity (Wildman–Crippen MR) is 138 cm³/mol. The van der Waals surface area contributed by atoms with E-state index in [4.69, 9.17) is 10.5 Å². The van der Waals surface area contributed by atoms with E-state index in [2.05, 4.69) is 15.3 Å². The summed E-state index contributed by atoms with van der Waals surface area (Å²) in [6.07, 6.45) is 4.81. The number of anilines is 2. The van der Waals surface area contributed by atoms with Crippen molar-refractivity contribution in [2.45, 2.75) is 18.9 Å². The number of nitrogens with two attached hydrogens (primary N) is 1. The van der Waals surface area contributed by atoms with Gasteiger partial charge in [0.05, 0.1) is 17.3 Å². The third-order valence-corrected chi connectivity index (χ3v) is 7.70. The second kappa shape index (κ2) is 9.79. The molecule has 5 rings (SSSR count). The van der Waals surface area contributed by atoms with E-state index in [0.29, 0.717) is 53.8 Å². The second-order valence-electron chi connectivity index (χ2n) is 8.82. The van der Waals surface area contributed by atoms with Gasteiger partial charge in [-0.05, 0) is 42.7 Å². The molecular weight excluding hydrogens is 499 g/mol. The lowest BCUT2D eigenvalue weighted by Gasteiger charge is -2.31. The number of halogens is 1. The number of rotatable bonds is 5. The lowest BCUT2D eigenvalue weighted by atomic mass is 10.1. The highest BCUT2D eigenvalue weighted by Crippen LogP contribution is 2.37. The van der Waals surface area contributed by atoms with E-state index < -0.39 is 21.9 Å². The first-order valence-corrected chi connectivity index (χ1v) is 13.5. The van der Waals surface area contributed by atoms with Gasteiger partial charge in [0.1, 0.15) is 29.4 Å². The number of nitrogens with one attached hydrogen (secondary N) is 1. The molecule has 4 aromatic rings. The molecule has 2 aromatic heterocycles. The third kappa shape index (κ3) is 5.11. The molecule has 0 aliphatic carbocycles. The van der Waals surface area contributed by atoms with Crippen LogP contribution in [0.1, 0.15) is 18.9 Å². The highest BCUT2D eigenvalue weighted by atomic mass is 32.2. The van der Waals surface area contributed by atoms with Gasteiger partial charge < -0.3 is 15.0 Å². The molecule has 3 N–H and O–H groups in total. The first kappa shape index (κ1) is 24.7. The molecule has 12 heteroatoms. The molecule has 1 amide bonds. The molecule has 0 spiro atoms. The van der Waals surface area contributed by atoms with Crippen molar-refractivity contribution in [3.63, 3.8) is 0 Å². The quantitative estimate of drug-likeness (QED) is 0.403. The average molecular weight is 525 g/mol. The Morgan fingerprint density at radius 2 is 1.86 bits per heavy atom. The molecule has 10 nitrogen and oxygen atoms in total. The standard InChI is InChI=1S/C25H25FN6O4S/c1-37(34,35)31-11-9-17(10-12-31)32-14-19(22-23(27)28-15-29-24(22)32)16-7-8-21(20(26)13-16)30-25(33)36-18-5-3-2-4-6-18/h2-8,13-15,17H,9-12H2,1H3,(H,30,33)(H2,27,28,29). The molecule has 37 heavy (non-hydrogen) atoms. The van der Waals surface area contributed by atoms with E-state index >= 15 is 4.39 Å². The van der Waals surface area contributed by atoms with Crippen molar-refractivity contribution in [3.05, 3.63) is 66.9 Å². The minimum atomic E-state index is -3.26. The summed E-state index contributed by atoms with van der Waals surface area (Å²) in [6, 6.07) is 12.9. The number of sulfonamides is 1. The van der Waals surface area contributed by atoms with Crippen molar-refractivity contribution in [1.82, 2.24) is 18.8 Å². The van der Waals surface area contributed by atoms with Crippen molar-refractivity contribution in [1.29, 1.82) is 0 Å². The number of aromatic nitrogens is 3. The van der Waals surface area contributed by atoms with E-state index in [1.54, 1.807) is 36.4 Å². The zero-order valence-electron chi connectivity index (χ0n) is 20.0. The van der Waals surface area contributed by atoms with Crippen molar-refractivity contribution in [2.24, 2.45) is 0 Å². The van der Waals surface area contributed by atoms with Crippen molar-refractivity contribution < 1.29 is 22.3 Å². The lowest BCUT2D eigenvalue weighted by molar-refractivity contribution is 0.215. The number of fused-ring (bicyclic) bond motifs is 1. The third-order valence-electron chi connectivity index (χ3n) is 6.40. The van der Waals surface area contributed by atoms with Gasteiger partial charge in [0, 0.05) is 30.9 Å². The number of benzene rings is 2. The number of nitrogen functional groups attached to an aromatic ring is 1. The maximum atomic E-state index is 15.0. The normalized spacial score (nSPS) is 15.1. The van der Waals surface area contributed by atoms with Crippen LogP contribution in [0.25, 0.3) is 22.2 Å². The molecule has 1 fully saturated rings. The van der Waals surface area contributed by atoms with Gasteiger partial charge >= 0.3 is 6.09 Å². The van der Waals surface area contributed by atoms with Gasteiger partial charge in [0.25, 0.3) is 0 Å². The first-order chi connectivity index (χ1) is 17.7. The van der Waals surface area contributed by atoms with Crippen LogP contribution in [-0.4, -0.2) is 52.7 Å². The molecule has 0 saturated carbocycles. The summed E-state index contributed by atoms with van der Waals surface area (Å²) in [4.78, 5) is 20.7. The van der Waals surface area contributed by atoms with Crippen LogP contribution in [-0.2, 0) is 10.0 Å². The highest BCUT2D eigenvalue weighted by Gasteiger charge is 2.28. The fourth-order valence-electron chi connectivity index (χ4n) is 4.57. The zero-order valence-corrected chi connectivity index (χ0v) is 20.8. The summed E-state index contributed by atoms with van der Waals surface area (Å²) < 4.78 is 47.5. The maximum Gasteiger partial charge on any atom is 0.417 e. The van der Waals surface area contributed by atoms with E-state index in [0.717, 1.165) is 0 Å². The number of ether oxygens (including phenoxy) is 1. The van der Waals surface area contributed by atoms with E-state index in [9.17, 15) is 13.2 Å². The van der Waals surface area contributed by atoms with Crippen LogP contribution in [0.4, 0.5) is 20.7 Å². The molecule has 1 aliphatic rings. The molecule has 0 radical (unpaired) electrons. The first-order valence-electron chi connectivity index (χ1n) is 11.6. The Labute approximate surface area is 212 Å². The number of piperidine rings is 1. The summed E-state index contributed by atoms with van der Waals surface area (Å²) in [7, 11) is -3.26. The van der Waals surface area contributed by atoms with Crippen LogP contribution in [0.15, 0.2) is 61.1 Å². The Morgan fingerprint density at radius 1 is 1.14 bits per heavy atom. The van der Waals surface area contributed by atoms with Gasteiger partial charge in [-0.2, -0.15) is 0 Å². The monoisotopic (exact) mass is 524 g/mol. The number of carbonyl (C=O) groups is 1. The number of hydrogen-bond acceptors (Lipinski definition) is 7. The van der Waals surface area contributed by atoms with E-state index in [1.165, 1.54) is 29.0 Å². The van der Waals surface area contributed by atoms with Gasteiger partial charge in [0.2, 0.25) is 10.0 Å². The molecule has 192 valence electrons. The summed E-state index contributed by atoms with van der Waals surface area (Å²) in [5.74, 6) is -0.0654. The predicted octanol–water partition coefficient (Wildman–Crippen LogP) is 4.03. The van der Waals surface area contributed by atoms with Crippen molar-refractivity contribution in [2.75, 3.05) is 30.4 Å². The van der Waals surface area contributed by atoms with Crippen LogP contribution in [0, 0.1) is 5.82 Å². The lowest BCUT2D eigenvalue weighted by Crippen LogP contribution is -2.38. The Morgan fingerprint density at radius 3 is 2.54 bits per heavy atom. The molecular formula is C25H25FN6O4S. The van der Waals surface area contributed by atoms with Crippen LogP contribution in [0.5, 0.6) is 5.75 Å². The van der Waals surface area contributed by atoms with Crippen LogP contribution in [0.3, 0.4) is 0 Å². The second-order valence-corrected chi connectivity index (χ2v) is 10.8. The molecule has 1 saturated heterocycles. The summed E-state index contributed by atoms with van der Waals surface area (Å²) in [5, 5.41) is 2.99. The minimum absolute atomic E-state index is 0.0120. The van der Waals surface area contributed by atoms with E-state index in [1.807, 2.05) is 10.8 Å². The highest BCUT2D eigenvalue weighted by molar-refractivity contribution is 7.88. The summed E-state index contributed by atoms with van der Waals surface area (Å²) >= 11 is 0. The minimum Gasteiger partial charge on any atom is -0.410 e. The average Bonchev–Trinajstić information content (AvgIpc) is 3.26. The van der Waals surface area contributed by atoms with Gasteiger partial charge in [-0.3, -0.25) is 5.32 Å². The van der Waals surface area contributed by atoms with Crippen LogP contribution >= 0.6 is 0 Å². The Hall–Kier alpha value is -4.03. The molecule has 3 heterocycles. The number of amides is 1. The Balaban J connectivity index is 1.42. The largest absolute Gasteiger partial charge is 0.417 e. The number of carbonyl (C=O) groups excluding carboxylic acids is 1. The fraction of sp³-hybridized carbons (Fsp3) is 0.240. The molecule has 0 bridgehead atoms. The molecule has 1 aliphatic heterocycles. The van der Waals surface area contributed by atoms with Crippen LogP contribution in [0.2, 0.25) is 0 Å². The Kier molecular flexibility index (Phi) is 6.52. The molecule has 0 unspecified atom stereocenters. The maximum absolute atomic E-state index is 15.0.